The van der Waals surface area contributed by atoms with Crippen LogP contribution in [0.2, 0.25) is 0 Å². The quantitative estimate of drug-likeness (QED) is 0.379. The lowest BCUT2D eigenvalue weighted by Gasteiger charge is -2.00. The molecule has 7 heavy (non-hydrogen) atoms. The Balaban J connectivity index is 2.99. The highest BCUT2D eigenvalue weighted by Crippen LogP contribution is 2.73. The first-order valence-electron chi connectivity index (χ1n) is 1.10. The van der Waals surface area contributed by atoms with Gasteiger partial charge in [0.2, 0.25) is 0 Å². The van der Waals surface area contributed by atoms with Crippen LogP contribution in [0.15, 0.2) is 0 Å². The van der Waals surface area contributed by atoms with Crippen LogP contribution < -0.4 is 0 Å². The lowest BCUT2D eigenvalue weighted by Crippen LogP contribution is -1.27. The second kappa shape index (κ2) is 6.65. The summed E-state index contributed by atoms with van der Waals surface area (Å²) < 4.78 is 0. The normalized spacial score (nSPS) is 10.3. The standard InChI is InChI=1S/H3PS6/c2-5-1(6-3)7-4/h2-4H. The Hall–Kier alpha value is 2.53. The fourth-order valence-electron chi connectivity index (χ4n) is 0.0447. The maximum Gasteiger partial charge on any atom is 0.105 e. The zero-order chi connectivity index (χ0) is 5.70. The van der Waals surface area contributed by atoms with Crippen LogP contribution in [0.3, 0.4) is 0 Å². The van der Waals surface area contributed by atoms with E-state index in [1.54, 1.807) is 0 Å². The fraction of sp³-hybridized carbons (Fsp3) is 0. The molecule has 0 N–H and O–H groups in total. The highest BCUT2D eigenvalue weighted by Gasteiger charge is 2.01. The maximum absolute atomic E-state index is 3.98. The molecule has 0 aliphatic heterocycles. The van der Waals surface area contributed by atoms with Crippen LogP contribution in [0.5, 0.6) is 0 Å². The second-order valence-corrected chi connectivity index (χ2v) is 12.7. The van der Waals surface area contributed by atoms with E-state index in [-0.39, 0.29) is 5.53 Å². The summed E-state index contributed by atoms with van der Waals surface area (Å²) in [6.45, 7) is 0. The molecule has 0 aromatic carbocycles. The first-order chi connectivity index (χ1) is 3.35. The highest BCUT2D eigenvalue weighted by atomic mass is 33.7. The molecular formula is H3PS6. The Morgan fingerprint density at radius 3 is 1.14 bits per heavy atom. The van der Waals surface area contributed by atoms with Crippen molar-refractivity contribution in [3.63, 3.8) is 0 Å². The maximum atomic E-state index is 3.98. The number of hydrogen-bond acceptors (Lipinski definition) is 6. The smallest absolute Gasteiger partial charge is 0.105 e. The largest absolute Gasteiger partial charge is 0.105 e. The minimum atomic E-state index is -0.211. The number of rotatable bonds is 3. The van der Waals surface area contributed by atoms with Crippen molar-refractivity contribution < 1.29 is 0 Å². The van der Waals surface area contributed by atoms with Crippen molar-refractivity contribution in [2.45, 2.75) is 0 Å². The van der Waals surface area contributed by atoms with Gasteiger partial charge in [0.25, 0.3) is 0 Å². The molecule has 0 spiro atoms. The molecule has 0 aromatic heterocycles. The summed E-state index contributed by atoms with van der Waals surface area (Å²) in [5.74, 6) is 0. The van der Waals surface area contributed by atoms with Gasteiger partial charge in [-0.1, -0.05) is 0 Å². The molecule has 0 aliphatic carbocycles. The van der Waals surface area contributed by atoms with Gasteiger partial charge in [-0.05, 0) is 31.2 Å². The van der Waals surface area contributed by atoms with E-state index >= 15 is 0 Å². The van der Waals surface area contributed by atoms with Crippen molar-refractivity contribution in [3.05, 3.63) is 0 Å². The number of hydrogen-bond donors (Lipinski definition) is 3. The summed E-state index contributed by atoms with van der Waals surface area (Å²) in [5, 5.41) is 0. The van der Waals surface area contributed by atoms with Crippen molar-refractivity contribution in [2.24, 2.45) is 0 Å². The molecule has 0 heterocycles. The van der Waals surface area contributed by atoms with E-state index in [0.29, 0.717) is 0 Å². The van der Waals surface area contributed by atoms with Crippen LogP contribution in [-0.2, 0) is 0 Å². The SMILES string of the molecule is SSP(SS)SS. The molecule has 0 aromatic rings. The average Bonchev–Trinajstić information content (AvgIpc) is 1.72. The van der Waals surface area contributed by atoms with E-state index in [9.17, 15) is 0 Å². The third-order valence-corrected chi connectivity index (χ3v) is 16.2. The molecule has 0 amide bonds. The lowest BCUT2D eigenvalue weighted by molar-refractivity contribution is 5.30. The van der Waals surface area contributed by atoms with Gasteiger partial charge in [0.1, 0.15) is 5.53 Å². The van der Waals surface area contributed by atoms with E-state index in [2.05, 4.69) is 35.0 Å². The predicted molar refractivity (Wildman–Crippen MR) is 56.7 cm³/mol. The first kappa shape index (κ1) is 9.53. The zero-order valence-electron chi connectivity index (χ0n) is 3.01. The molecular weight excluding hydrogens is 223 g/mol. The molecule has 0 bridgehead atoms. The molecule has 0 atom stereocenters. The topological polar surface area (TPSA) is 0 Å². The average molecular weight is 226 g/mol. The number of thiol groups is 3. The molecule has 0 radical (unpaired) electrons. The van der Waals surface area contributed by atoms with Crippen LogP contribution in [0.1, 0.15) is 0 Å². The summed E-state index contributed by atoms with van der Waals surface area (Å²) in [5.41, 5.74) is -0.211. The van der Waals surface area contributed by atoms with Gasteiger partial charge in [-0.25, -0.2) is 0 Å². The minimum absolute atomic E-state index is 0.211. The Kier molecular flexibility index (Phi) is 9.05. The molecule has 0 rings (SSSR count). The van der Waals surface area contributed by atoms with Crippen molar-refractivity contribution in [1.82, 2.24) is 0 Å². The predicted octanol–water partition coefficient (Wildman–Crippen LogP) is 3.95. The zero-order valence-corrected chi connectivity index (χ0v) is 9.04. The lowest BCUT2D eigenvalue weighted by atomic mass is 29.6. The summed E-state index contributed by atoms with van der Waals surface area (Å²) in [6.07, 6.45) is 0. The molecule has 0 aliphatic rings. The molecule has 0 nitrogen and oxygen atoms in total. The monoisotopic (exact) mass is 226 g/mol. The van der Waals surface area contributed by atoms with Gasteiger partial charge in [0, 0.05) is 0 Å². The third-order valence-electron chi connectivity index (χ3n) is 0.200. The van der Waals surface area contributed by atoms with E-state index in [1.165, 1.54) is 31.2 Å². The van der Waals surface area contributed by atoms with Crippen molar-refractivity contribution in [3.8, 4) is 0 Å². The molecule has 0 saturated heterocycles. The van der Waals surface area contributed by atoms with Crippen LogP contribution >= 0.6 is 71.8 Å². The van der Waals surface area contributed by atoms with Gasteiger partial charge in [-0.15, -0.1) is 35.0 Å². The Morgan fingerprint density at radius 1 is 0.857 bits per heavy atom. The second-order valence-electron chi connectivity index (χ2n) is 0.469. The summed E-state index contributed by atoms with van der Waals surface area (Å²) in [4.78, 5) is 0. The first-order valence-corrected chi connectivity index (χ1v) is 9.86. The van der Waals surface area contributed by atoms with Crippen molar-refractivity contribution >= 4 is 71.8 Å². The van der Waals surface area contributed by atoms with E-state index in [0.717, 1.165) is 0 Å². The molecule has 44 valence electrons. The van der Waals surface area contributed by atoms with Crippen LogP contribution in [0, 0.1) is 0 Å². The summed E-state index contributed by atoms with van der Waals surface area (Å²) in [7, 11) is 4.51. The molecule has 7 heteroatoms. The third kappa shape index (κ3) is 5.00. The van der Waals surface area contributed by atoms with E-state index < -0.39 is 0 Å². The van der Waals surface area contributed by atoms with Gasteiger partial charge in [-0.3, -0.25) is 0 Å². The van der Waals surface area contributed by atoms with Crippen LogP contribution in [-0.4, -0.2) is 0 Å². The Bertz CT molecular complexity index is 25.7. The van der Waals surface area contributed by atoms with E-state index in [4.69, 9.17) is 0 Å². The summed E-state index contributed by atoms with van der Waals surface area (Å²) >= 11 is 11.9. The van der Waals surface area contributed by atoms with Gasteiger partial charge in [0.05, 0.1) is 0 Å². The molecule has 0 unspecified atom stereocenters. The Morgan fingerprint density at radius 2 is 1.14 bits per heavy atom. The van der Waals surface area contributed by atoms with Gasteiger partial charge in [0.15, 0.2) is 0 Å². The Labute approximate surface area is 71.2 Å². The van der Waals surface area contributed by atoms with Gasteiger partial charge in [-0.2, -0.15) is 0 Å². The molecule has 0 saturated carbocycles. The molecule has 0 fully saturated rings. The van der Waals surface area contributed by atoms with Gasteiger partial charge < -0.3 is 0 Å². The minimum Gasteiger partial charge on any atom is -0.105 e. The highest BCUT2D eigenvalue weighted by molar-refractivity contribution is 9.38. The van der Waals surface area contributed by atoms with Crippen LogP contribution in [0.25, 0.3) is 0 Å². The van der Waals surface area contributed by atoms with E-state index in [1.807, 2.05) is 0 Å². The van der Waals surface area contributed by atoms with Crippen molar-refractivity contribution in [2.75, 3.05) is 0 Å². The summed E-state index contributed by atoms with van der Waals surface area (Å²) in [6, 6.07) is 0. The van der Waals surface area contributed by atoms with Gasteiger partial charge >= 0.3 is 0 Å². The fourth-order valence-corrected chi connectivity index (χ4v) is 10.9. The van der Waals surface area contributed by atoms with Crippen molar-refractivity contribution in [1.29, 1.82) is 0 Å². The van der Waals surface area contributed by atoms with Crippen LogP contribution in [0.4, 0.5) is 0 Å².